The van der Waals surface area contributed by atoms with Gasteiger partial charge in [0.2, 0.25) is 0 Å². The van der Waals surface area contributed by atoms with Gasteiger partial charge in [0.1, 0.15) is 0 Å². The molecule has 1 aromatic heterocycles. The third kappa shape index (κ3) is 2.87. The Morgan fingerprint density at radius 1 is 1.26 bits per heavy atom. The molecule has 0 atom stereocenters. The second-order valence-electron chi connectivity index (χ2n) is 5.16. The third-order valence-corrected chi connectivity index (χ3v) is 3.83. The first-order valence-corrected chi connectivity index (χ1v) is 7.20. The van der Waals surface area contributed by atoms with Gasteiger partial charge in [0.05, 0.1) is 5.52 Å². The molecule has 0 aliphatic heterocycles. The summed E-state index contributed by atoms with van der Waals surface area (Å²) in [6.45, 7) is 5.53. The quantitative estimate of drug-likeness (QED) is 0.859. The fourth-order valence-electron chi connectivity index (χ4n) is 2.62. The molecule has 0 spiro atoms. The van der Waals surface area contributed by atoms with Crippen LogP contribution in [0.2, 0.25) is 0 Å². The van der Waals surface area contributed by atoms with Crippen LogP contribution in [-0.4, -0.2) is 35.6 Å². The minimum Gasteiger partial charge on any atom is -0.383 e. The molecule has 1 aromatic carbocycles. The van der Waals surface area contributed by atoms with E-state index in [2.05, 4.69) is 46.4 Å². The number of likely N-dealkylation sites (N-methyl/N-ethyl adjacent to an activating group) is 1. The Labute approximate surface area is 114 Å². The van der Waals surface area contributed by atoms with Crippen LogP contribution in [0.25, 0.3) is 10.9 Å². The largest absolute Gasteiger partial charge is 0.383 e. The molecule has 0 unspecified atom stereocenters. The van der Waals surface area contributed by atoms with Crippen LogP contribution in [0.15, 0.2) is 36.5 Å². The average Bonchev–Trinajstić information content (AvgIpc) is 3.28. The molecular formula is C16H21N3. The van der Waals surface area contributed by atoms with Gasteiger partial charge in [-0.3, -0.25) is 9.88 Å². The second-order valence-corrected chi connectivity index (χ2v) is 5.16. The highest BCUT2D eigenvalue weighted by molar-refractivity contribution is 5.90. The van der Waals surface area contributed by atoms with Gasteiger partial charge in [-0.1, -0.05) is 25.1 Å². The van der Waals surface area contributed by atoms with Crippen LogP contribution in [0.4, 0.5) is 5.69 Å². The zero-order valence-electron chi connectivity index (χ0n) is 11.5. The first kappa shape index (κ1) is 12.4. The van der Waals surface area contributed by atoms with Crippen molar-refractivity contribution >= 4 is 16.6 Å². The minimum atomic E-state index is 0.848. The highest BCUT2D eigenvalue weighted by Gasteiger charge is 2.27. The van der Waals surface area contributed by atoms with Gasteiger partial charge in [-0.25, -0.2) is 0 Å². The fourth-order valence-corrected chi connectivity index (χ4v) is 2.62. The van der Waals surface area contributed by atoms with Crippen molar-refractivity contribution in [3.63, 3.8) is 0 Å². The van der Waals surface area contributed by atoms with E-state index in [1.165, 1.54) is 23.9 Å². The van der Waals surface area contributed by atoms with E-state index in [1.807, 2.05) is 12.3 Å². The van der Waals surface area contributed by atoms with Gasteiger partial charge >= 0.3 is 0 Å². The summed E-state index contributed by atoms with van der Waals surface area (Å²) >= 11 is 0. The maximum Gasteiger partial charge on any atom is 0.0722 e. The van der Waals surface area contributed by atoms with Crippen LogP contribution in [0.1, 0.15) is 19.8 Å². The van der Waals surface area contributed by atoms with Gasteiger partial charge < -0.3 is 5.32 Å². The maximum atomic E-state index is 4.39. The van der Waals surface area contributed by atoms with Gasteiger partial charge in [-0.05, 0) is 31.5 Å². The monoisotopic (exact) mass is 255 g/mol. The summed E-state index contributed by atoms with van der Waals surface area (Å²) < 4.78 is 0. The van der Waals surface area contributed by atoms with Crippen LogP contribution in [0.3, 0.4) is 0 Å². The SMILES string of the molecule is CCN(CCNc1ccnc2ccccc12)C1CC1. The number of rotatable bonds is 6. The van der Waals surface area contributed by atoms with Crippen molar-refractivity contribution in [3.8, 4) is 0 Å². The van der Waals surface area contributed by atoms with Crippen LogP contribution < -0.4 is 5.32 Å². The molecule has 3 rings (SSSR count). The molecule has 0 saturated heterocycles. The number of para-hydroxylation sites is 1. The molecule has 0 amide bonds. The van der Waals surface area contributed by atoms with E-state index < -0.39 is 0 Å². The van der Waals surface area contributed by atoms with Crippen LogP contribution in [-0.2, 0) is 0 Å². The molecule has 1 aliphatic carbocycles. The number of pyridine rings is 1. The van der Waals surface area contributed by atoms with Crippen molar-refractivity contribution in [1.82, 2.24) is 9.88 Å². The Balaban J connectivity index is 1.65. The number of nitrogens with one attached hydrogen (secondary N) is 1. The van der Waals surface area contributed by atoms with Gasteiger partial charge in [0.15, 0.2) is 0 Å². The highest BCUT2D eigenvalue weighted by atomic mass is 15.2. The molecular weight excluding hydrogens is 234 g/mol. The predicted octanol–water partition coefficient (Wildman–Crippen LogP) is 3.13. The summed E-state index contributed by atoms with van der Waals surface area (Å²) in [5.41, 5.74) is 2.25. The summed E-state index contributed by atoms with van der Waals surface area (Å²) in [5.74, 6) is 0. The first-order chi connectivity index (χ1) is 9.38. The molecule has 19 heavy (non-hydrogen) atoms. The van der Waals surface area contributed by atoms with Crippen LogP contribution in [0, 0.1) is 0 Å². The maximum absolute atomic E-state index is 4.39. The van der Waals surface area contributed by atoms with E-state index in [4.69, 9.17) is 0 Å². The predicted molar refractivity (Wildman–Crippen MR) is 80.5 cm³/mol. The van der Waals surface area contributed by atoms with Crippen LogP contribution >= 0.6 is 0 Å². The zero-order valence-corrected chi connectivity index (χ0v) is 11.5. The number of benzene rings is 1. The molecule has 1 N–H and O–H groups in total. The molecule has 1 heterocycles. The number of hydrogen-bond acceptors (Lipinski definition) is 3. The molecule has 100 valence electrons. The lowest BCUT2D eigenvalue weighted by atomic mass is 10.2. The minimum absolute atomic E-state index is 0.848. The van der Waals surface area contributed by atoms with Gasteiger partial charge in [-0.15, -0.1) is 0 Å². The number of hydrogen-bond donors (Lipinski definition) is 1. The molecule has 3 heteroatoms. The number of anilines is 1. The van der Waals surface area contributed by atoms with E-state index in [0.29, 0.717) is 0 Å². The van der Waals surface area contributed by atoms with Crippen molar-refractivity contribution < 1.29 is 0 Å². The summed E-state index contributed by atoms with van der Waals surface area (Å²) in [7, 11) is 0. The summed E-state index contributed by atoms with van der Waals surface area (Å²) in [4.78, 5) is 6.95. The number of fused-ring (bicyclic) bond motifs is 1. The molecule has 1 aliphatic rings. The topological polar surface area (TPSA) is 28.2 Å². The number of nitrogens with zero attached hydrogens (tertiary/aromatic N) is 2. The molecule has 1 saturated carbocycles. The Kier molecular flexibility index (Phi) is 3.65. The van der Waals surface area contributed by atoms with Gasteiger partial charge in [-0.2, -0.15) is 0 Å². The van der Waals surface area contributed by atoms with E-state index in [0.717, 1.165) is 31.2 Å². The van der Waals surface area contributed by atoms with E-state index in [-0.39, 0.29) is 0 Å². The summed E-state index contributed by atoms with van der Waals surface area (Å²) in [6, 6.07) is 11.2. The van der Waals surface area contributed by atoms with Crippen molar-refractivity contribution in [3.05, 3.63) is 36.5 Å². The Morgan fingerprint density at radius 2 is 2.11 bits per heavy atom. The van der Waals surface area contributed by atoms with Gasteiger partial charge in [0, 0.05) is 36.4 Å². The van der Waals surface area contributed by atoms with Crippen molar-refractivity contribution in [1.29, 1.82) is 0 Å². The second kappa shape index (κ2) is 5.57. The lowest BCUT2D eigenvalue weighted by Gasteiger charge is -2.20. The Hall–Kier alpha value is -1.61. The molecule has 1 fully saturated rings. The van der Waals surface area contributed by atoms with Crippen molar-refractivity contribution in [2.45, 2.75) is 25.8 Å². The van der Waals surface area contributed by atoms with E-state index >= 15 is 0 Å². The third-order valence-electron chi connectivity index (χ3n) is 3.83. The Bertz CT molecular complexity index is 543. The Morgan fingerprint density at radius 3 is 2.89 bits per heavy atom. The molecule has 0 bridgehead atoms. The smallest absolute Gasteiger partial charge is 0.0722 e. The van der Waals surface area contributed by atoms with Crippen molar-refractivity contribution in [2.75, 3.05) is 25.0 Å². The van der Waals surface area contributed by atoms with Gasteiger partial charge in [0.25, 0.3) is 0 Å². The summed E-state index contributed by atoms with van der Waals surface area (Å²) in [5, 5.41) is 4.76. The number of aromatic nitrogens is 1. The van der Waals surface area contributed by atoms with E-state index in [9.17, 15) is 0 Å². The lowest BCUT2D eigenvalue weighted by molar-refractivity contribution is 0.289. The average molecular weight is 255 g/mol. The standard InChI is InChI=1S/C16H21N3/c1-2-19(13-7-8-13)12-11-18-16-9-10-17-15-6-4-3-5-14(15)16/h3-6,9-10,13H,2,7-8,11-12H2,1H3,(H,17,18). The fraction of sp³-hybridized carbons (Fsp3) is 0.438. The lowest BCUT2D eigenvalue weighted by Crippen LogP contribution is -2.30. The zero-order chi connectivity index (χ0) is 13.1. The highest BCUT2D eigenvalue weighted by Crippen LogP contribution is 2.26. The van der Waals surface area contributed by atoms with E-state index in [1.54, 1.807) is 0 Å². The first-order valence-electron chi connectivity index (χ1n) is 7.20. The molecule has 0 radical (unpaired) electrons. The molecule has 2 aromatic rings. The summed E-state index contributed by atoms with van der Waals surface area (Å²) in [6.07, 6.45) is 4.64. The van der Waals surface area contributed by atoms with Crippen molar-refractivity contribution in [2.24, 2.45) is 0 Å². The normalized spacial score (nSPS) is 15.1. The van der Waals surface area contributed by atoms with Crippen LogP contribution in [0.5, 0.6) is 0 Å². The molecule has 3 nitrogen and oxygen atoms in total.